The Hall–Kier alpha value is -6.64. The number of hydrogen-bond acceptors (Lipinski definition) is 0. The Morgan fingerprint density at radius 1 is 0.314 bits per heavy atom. The summed E-state index contributed by atoms with van der Waals surface area (Å²) in [6.07, 6.45) is 0.926. The summed E-state index contributed by atoms with van der Waals surface area (Å²) in [6.45, 7) is 0. The number of aromatic nitrogens is 2. The van der Waals surface area contributed by atoms with Crippen LogP contribution < -0.4 is 0 Å². The molecule has 11 rings (SSSR count). The van der Waals surface area contributed by atoms with Crippen LogP contribution in [0.3, 0.4) is 0 Å². The molecule has 0 atom stereocenters. The van der Waals surface area contributed by atoms with Gasteiger partial charge >= 0.3 is 0 Å². The molecular formula is C49H32N2. The zero-order valence-electron chi connectivity index (χ0n) is 27.9. The minimum Gasteiger partial charge on any atom is -0.309 e. The van der Waals surface area contributed by atoms with E-state index in [0.717, 1.165) is 6.42 Å². The zero-order chi connectivity index (χ0) is 33.5. The van der Waals surface area contributed by atoms with Crippen molar-refractivity contribution in [2.75, 3.05) is 0 Å². The van der Waals surface area contributed by atoms with Gasteiger partial charge in [0.25, 0.3) is 0 Å². The molecule has 51 heavy (non-hydrogen) atoms. The predicted octanol–water partition coefficient (Wildman–Crippen LogP) is 12.8. The van der Waals surface area contributed by atoms with Crippen LogP contribution in [0.15, 0.2) is 182 Å². The standard InChI is InChI=1S/C49H32N2/c1-3-14-32(15-4-1)36-22-12-24-38-39-25-13-23-37(43(39)31-42(36)38)33-16-11-19-35(30-33)51-45-27-10-8-21-41(45)49-47(51)29-28-46-48(49)40-20-7-9-26-44(40)50(46)34-17-5-2-6-18-34/h1-30H,31H2. The molecule has 2 heterocycles. The summed E-state index contributed by atoms with van der Waals surface area (Å²) in [5, 5.41) is 5.13. The van der Waals surface area contributed by atoms with Gasteiger partial charge in [-0.25, -0.2) is 0 Å². The molecule has 0 bridgehead atoms. The number of hydrogen-bond donors (Lipinski definition) is 0. The molecular weight excluding hydrogens is 617 g/mol. The molecule has 0 fully saturated rings. The monoisotopic (exact) mass is 648 g/mol. The van der Waals surface area contributed by atoms with Crippen molar-refractivity contribution in [2.45, 2.75) is 6.42 Å². The third-order valence-corrected chi connectivity index (χ3v) is 11.0. The molecule has 238 valence electrons. The van der Waals surface area contributed by atoms with Gasteiger partial charge in [-0.2, -0.15) is 0 Å². The van der Waals surface area contributed by atoms with Gasteiger partial charge in [0.2, 0.25) is 0 Å². The summed E-state index contributed by atoms with van der Waals surface area (Å²) in [5.41, 5.74) is 17.9. The Kier molecular flexibility index (Phi) is 6.05. The molecule has 1 aliphatic rings. The van der Waals surface area contributed by atoms with Crippen LogP contribution in [0.4, 0.5) is 0 Å². The Morgan fingerprint density at radius 3 is 1.39 bits per heavy atom. The highest BCUT2D eigenvalue weighted by molar-refractivity contribution is 6.28. The maximum Gasteiger partial charge on any atom is 0.0548 e. The first-order chi connectivity index (χ1) is 25.3. The van der Waals surface area contributed by atoms with Crippen LogP contribution in [-0.2, 0) is 6.42 Å². The Bertz CT molecular complexity index is 2980. The van der Waals surface area contributed by atoms with Gasteiger partial charge in [-0.3, -0.25) is 0 Å². The van der Waals surface area contributed by atoms with Gasteiger partial charge in [0.05, 0.1) is 22.1 Å². The normalized spacial score (nSPS) is 12.2. The van der Waals surface area contributed by atoms with E-state index >= 15 is 0 Å². The maximum atomic E-state index is 2.47. The van der Waals surface area contributed by atoms with Crippen molar-refractivity contribution in [3.63, 3.8) is 0 Å². The second-order valence-electron chi connectivity index (χ2n) is 13.7. The zero-order valence-corrected chi connectivity index (χ0v) is 27.9. The third kappa shape index (κ3) is 4.11. The van der Waals surface area contributed by atoms with Crippen molar-refractivity contribution in [3.05, 3.63) is 193 Å². The molecule has 2 heteroatoms. The Balaban J connectivity index is 1.12. The van der Waals surface area contributed by atoms with Crippen LogP contribution in [0.5, 0.6) is 0 Å². The van der Waals surface area contributed by atoms with E-state index in [2.05, 4.69) is 191 Å². The van der Waals surface area contributed by atoms with Gasteiger partial charge in [-0.15, -0.1) is 0 Å². The summed E-state index contributed by atoms with van der Waals surface area (Å²) in [7, 11) is 0. The van der Waals surface area contributed by atoms with Crippen LogP contribution in [0, 0.1) is 0 Å². The Labute approximate surface area is 296 Å². The second-order valence-corrected chi connectivity index (χ2v) is 13.7. The minimum absolute atomic E-state index is 0.926. The fraction of sp³-hybridized carbons (Fsp3) is 0.0204. The molecule has 8 aromatic carbocycles. The van der Waals surface area contributed by atoms with Gasteiger partial charge in [-0.05, 0) is 99.5 Å². The van der Waals surface area contributed by atoms with E-state index in [0.29, 0.717) is 0 Å². The smallest absolute Gasteiger partial charge is 0.0548 e. The minimum atomic E-state index is 0.926. The lowest BCUT2D eigenvalue weighted by Crippen LogP contribution is -1.96. The topological polar surface area (TPSA) is 9.86 Å². The number of benzene rings is 8. The molecule has 0 unspecified atom stereocenters. The lowest BCUT2D eigenvalue weighted by molar-refractivity contribution is 1.17. The summed E-state index contributed by atoms with van der Waals surface area (Å²) in [4.78, 5) is 0. The first-order valence-electron chi connectivity index (χ1n) is 17.7. The first kappa shape index (κ1) is 28.2. The molecule has 0 radical (unpaired) electrons. The highest BCUT2D eigenvalue weighted by Crippen LogP contribution is 2.46. The van der Waals surface area contributed by atoms with E-state index in [9.17, 15) is 0 Å². The lowest BCUT2D eigenvalue weighted by atomic mass is 9.95. The van der Waals surface area contributed by atoms with Gasteiger partial charge in [0, 0.05) is 32.9 Å². The van der Waals surface area contributed by atoms with E-state index in [4.69, 9.17) is 0 Å². The number of nitrogens with zero attached hydrogens (tertiary/aromatic N) is 2. The maximum absolute atomic E-state index is 2.47. The van der Waals surface area contributed by atoms with Crippen molar-refractivity contribution in [2.24, 2.45) is 0 Å². The number of rotatable bonds is 4. The summed E-state index contributed by atoms with van der Waals surface area (Å²) >= 11 is 0. The van der Waals surface area contributed by atoms with E-state index in [1.165, 1.54) is 99.5 Å². The van der Waals surface area contributed by atoms with Crippen molar-refractivity contribution in [3.8, 4) is 44.8 Å². The largest absolute Gasteiger partial charge is 0.309 e. The van der Waals surface area contributed by atoms with E-state index in [1.807, 2.05) is 0 Å². The molecule has 0 amide bonds. The summed E-state index contributed by atoms with van der Waals surface area (Å²) < 4.78 is 4.88. The van der Waals surface area contributed by atoms with Gasteiger partial charge in [0.1, 0.15) is 0 Å². The summed E-state index contributed by atoms with van der Waals surface area (Å²) in [6, 6.07) is 66.7. The fourth-order valence-electron chi connectivity index (χ4n) is 8.86. The average molecular weight is 649 g/mol. The molecule has 10 aromatic rings. The molecule has 0 aliphatic heterocycles. The fourth-order valence-corrected chi connectivity index (χ4v) is 8.86. The quantitative estimate of drug-likeness (QED) is 0.180. The van der Waals surface area contributed by atoms with Crippen LogP contribution in [0.2, 0.25) is 0 Å². The van der Waals surface area contributed by atoms with Gasteiger partial charge in [0.15, 0.2) is 0 Å². The number of fused-ring (bicyclic) bond motifs is 10. The molecule has 0 N–H and O–H groups in total. The van der Waals surface area contributed by atoms with Crippen molar-refractivity contribution < 1.29 is 0 Å². The first-order valence-corrected chi connectivity index (χ1v) is 17.7. The van der Waals surface area contributed by atoms with Crippen molar-refractivity contribution in [1.82, 2.24) is 9.13 Å². The predicted molar refractivity (Wildman–Crippen MR) is 214 cm³/mol. The molecule has 2 nitrogen and oxygen atoms in total. The van der Waals surface area contributed by atoms with E-state index in [-0.39, 0.29) is 0 Å². The van der Waals surface area contributed by atoms with Crippen LogP contribution >= 0.6 is 0 Å². The molecule has 0 saturated heterocycles. The van der Waals surface area contributed by atoms with Gasteiger partial charge in [-0.1, -0.05) is 133 Å². The van der Waals surface area contributed by atoms with Crippen LogP contribution in [0.1, 0.15) is 11.1 Å². The molecule has 0 saturated carbocycles. The summed E-state index contributed by atoms with van der Waals surface area (Å²) in [5.74, 6) is 0. The lowest BCUT2D eigenvalue weighted by Gasteiger charge is -2.13. The second kappa shape index (κ2) is 10.9. The van der Waals surface area contributed by atoms with Crippen molar-refractivity contribution in [1.29, 1.82) is 0 Å². The van der Waals surface area contributed by atoms with Crippen LogP contribution in [0.25, 0.3) is 88.4 Å². The highest BCUT2D eigenvalue weighted by atomic mass is 15.0. The SMILES string of the molecule is c1ccc(-c2cccc3c2Cc2c(-c4cccc(-n5c6ccccc6c6c7c8ccccc8n(-c8ccccc8)c7ccc65)c4)cccc2-3)cc1. The Morgan fingerprint density at radius 2 is 0.765 bits per heavy atom. The van der Waals surface area contributed by atoms with E-state index in [1.54, 1.807) is 0 Å². The molecule has 2 aromatic heterocycles. The van der Waals surface area contributed by atoms with Crippen molar-refractivity contribution >= 4 is 43.6 Å². The molecule has 0 spiro atoms. The molecule has 1 aliphatic carbocycles. The highest BCUT2D eigenvalue weighted by Gasteiger charge is 2.25. The van der Waals surface area contributed by atoms with Crippen LogP contribution in [-0.4, -0.2) is 9.13 Å². The number of para-hydroxylation sites is 3. The van der Waals surface area contributed by atoms with Gasteiger partial charge < -0.3 is 9.13 Å². The average Bonchev–Trinajstić information content (AvgIpc) is 3.86. The van der Waals surface area contributed by atoms with E-state index < -0.39 is 0 Å². The third-order valence-electron chi connectivity index (χ3n) is 11.0.